The number of pyridine rings is 1. The van der Waals surface area contributed by atoms with Gasteiger partial charge in [-0.05, 0) is 13.0 Å². The van der Waals surface area contributed by atoms with Crippen molar-refractivity contribution in [3.63, 3.8) is 0 Å². The molecular weight excluding hydrogens is 314 g/mol. The average Bonchev–Trinajstić information content (AvgIpc) is 2.46. The van der Waals surface area contributed by atoms with Crippen molar-refractivity contribution in [3.8, 4) is 0 Å². The normalized spacial score (nSPS) is 12.7. The number of hydrogen-bond donors (Lipinski definition) is 2. The lowest BCUT2D eigenvalue weighted by molar-refractivity contribution is -0.114. The van der Waals surface area contributed by atoms with Crippen molar-refractivity contribution in [2.24, 2.45) is 0 Å². The maximum atomic E-state index is 13.7. The van der Waals surface area contributed by atoms with Gasteiger partial charge >= 0.3 is 6.18 Å². The van der Waals surface area contributed by atoms with Gasteiger partial charge in [0.05, 0.1) is 17.5 Å². The van der Waals surface area contributed by atoms with Gasteiger partial charge in [-0.1, -0.05) is 12.1 Å². The number of aromatic nitrogens is 1. The number of Topliss-reactive ketones (excluding diaryl/α,β-unsaturated/α-hetero) is 1. The number of nitrogens with one attached hydrogen (secondary N) is 2. The highest BCUT2D eigenvalue weighted by atomic mass is 19.4. The molecule has 1 heterocycles. The van der Waals surface area contributed by atoms with Gasteiger partial charge in [0.1, 0.15) is 11.5 Å². The molecule has 0 saturated carbocycles. The molecular formula is C15H11F4N3O. The van der Waals surface area contributed by atoms with Crippen molar-refractivity contribution < 1.29 is 22.4 Å². The summed E-state index contributed by atoms with van der Waals surface area (Å²) in [6.45, 7) is 0.925. The first-order chi connectivity index (χ1) is 10.8. The van der Waals surface area contributed by atoms with Crippen LogP contribution in [0, 0.1) is 11.2 Å². The highest BCUT2D eigenvalue weighted by Gasteiger charge is 2.37. The van der Waals surface area contributed by atoms with E-state index in [1.54, 1.807) is 0 Å². The van der Waals surface area contributed by atoms with Gasteiger partial charge in [0.15, 0.2) is 5.78 Å². The number of anilines is 1. The number of alkyl halides is 3. The number of fused-ring (bicyclic) bond motifs is 1. The molecule has 0 spiro atoms. The Balaban J connectivity index is 2.65. The number of halogens is 4. The van der Waals surface area contributed by atoms with Crippen LogP contribution in [-0.4, -0.2) is 23.2 Å². The lowest BCUT2D eigenvalue weighted by Gasteiger charge is -2.17. The highest BCUT2D eigenvalue weighted by Crippen LogP contribution is 2.32. The van der Waals surface area contributed by atoms with Crippen LogP contribution in [0.5, 0.6) is 0 Å². The van der Waals surface area contributed by atoms with E-state index in [-0.39, 0.29) is 16.5 Å². The van der Waals surface area contributed by atoms with Crippen LogP contribution in [-0.2, 0) is 4.79 Å². The summed E-state index contributed by atoms with van der Waals surface area (Å²) in [4.78, 5) is 15.1. The monoisotopic (exact) mass is 325 g/mol. The average molecular weight is 325 g/mol. The Bertz CT molecular complexity index is 812. The van der Waals surface area contributed by atoms with Crippen LogP contribution >= 0.6 is 0 Å². The van der Waals surface area contributed by atoms with Crippen molar-refractivity contribution in [3.05, 3.63) is 47.7 Å². The van der Waals surface area contributed by atoms with Crippen LogP contribution in [0.3, 0.4) is 0 Å². The van der Waals surface area contributed by atoms with Crippen LogP contribution in [0.4, 0.5) is 23.2 Å². The van der Waals surface area contributed by atoms with Crippen LogP contribution in [0.2, 0.25) is 0 Å². The van der Waals surface area contributed by atoms with Crippen LogP contribution < -0.4 is 5.32 Å². The van der Waals surface area contributed by atoms with Crippen LogP contribution in [0.15, 0.2) is 41.9 Å². The number of carbonyl (C=O) groups is 1. The first-order valence-corrected chi connectivity index (χ1v) is 6.38. The number of allylic oxidation sites excluding steroid dienone is 2. The second-order valence-corrected chi connectivity index (χ2v) is 4.63. The Hall–Kier alpha value is -2.77. The molecule has 2 N–H and O–H groups in total. The second kappa shape index (κ2) is 6.15. The molecule has 4 nitrogen and oxygen atoms in total. The standard InChI is InChI=1S/C15H11F4N3O/c1-8(23)10(5-20)14(15(17,18)19)22-13-7-21-6-11-9(13)3-2-4-12(11)16/h2-7,20,22H,1H3/b14-10+,20-5?. The molecule has 1 aromatic heterocycles. The van der Waals surface area contributed by atoms with Crippen molar-refractivity contribution in [2.75, 3.05) is 5.32 Å². The molecule has 0 radical (unpaired) electrons. The zero-order valence-corrected chi connectivity index (χ0v) is 11.8. The summed E-state index contributed by atoms with van der Waals surface area (Å²) in [5.74, 6) is -1.55. The largest absolute Gasteiger partial charge is 0.432 e. The van der Waals surface area contributed by atoms with Gasteiger partial charge in [-0.3, -0.25) is 9.78 Å². The molecule has 0 unspecified atom stereocenters. The number of nitrogens with zero attached hydrogens (tertiary/aromatic N) is 1. The Kier molecular flexibility index (Phi) is 4.44. The third-order valence-electron chi connectivity index (χ3n) is 3.09. The number of rotatable bonds is 4. The number of benzene rings is 1. The van der Waals surface area contributed by atoms with E-state index in [0.29, 0.717) is 6.21 Å². The molecule has 0 aliphatic heterocycles. The molecule has 0 atom stereocenters. The fraction of sp³-hybridized carbons (Fsp3) is 0.133. The van der Waals surface area contributed by atoms with Gasteiger partial charge in [-0.25, -0.2) is 4.39 Å². The van der Waals surface area contributed by atoms with Crippen molar-refractivity contribution >= 4 is 28.5 Å². The van der Waals surface area contributed by atoms with E-state index in [2.05, 4.69) is 10.3 Å². The SMILES string of the molecule is CC(=O)/C(C=N)=C(/Nc1cncc2c(F)cccc12)C(F)(F)F. The van der Waals surface area contributed by atoms with E-state index in [0.717, 1.165) is 19.2 Å². The summed E-state index contributed by atoms with van der Waals surface area (Å²) < 4.78 is 53.3. The molecule has 0 amide bonds. The van der Waals surface area contributed by atoms with Gasteiger partial charge in [0.25, 0.3) is 0 Å². The summed E-state index contributed by atoms with van der Waals surface area (Å²) in [5.41, 5.74) is -2.33. The molecule has 0 aliphatic rings. The molecule has 8 heteroatoms. The van der Waals surface area contributed by atoms with E-state index >= 15 is 0 Å². The van der Waals surface area contributed by atoms with Crippen LogP contribution in [0.1, 0.15) is 6.92 Å². The van der Waals surface area contributed by atoms with Crippen molar-refractivity contribution in [1.29, 1.82) is 5.41 Å². The van der Waals surface area contributed by atoms with Crippen molar-refractivity contribution in [1.82, 2.24) is 4.98 Å². The van der Waals surface area contributed by atoms with E-state index in [1.165, 1.54) is 18.3 Å². The minimum atomic E-state index is -4.89. The van der Waals surface area contributed by atoms with E-state index in [4.69, 9.17) is 5.41 Å². The molecule has 23 heavy (non-hydrogen) atoms. The van der Waals surface area contributed by atoms with Gasteiger partial charge in [0.2, 0.25) is 0 Å². The Morgan fingerprint density at radius 1 is 1.26 bits per heavy atom. The summed E-state index contributed by atoms with van der Waals surface area (Å²) in [6, 6.07) is 3.93. The smallest absolute Gasteiger partial charge is 0.349 e. The quantitative estimate of drug-likeness (QED) is 0.510. The van der Waals surface area contributed by atoms with Gasteiger partial charge in [0, 0.05) is 23.2 Å². The topological polar surface area (TPSA) is 65.8 Å². The highest BCUT2D eigenvalue weighted by molar-refractivity contribution is 6.12. The molecule has 2 rings (SSSR count). The predicted octanol–water partition coefficient (Wildman–Crippen LogP) is 3.84. The van der Waals surface area contributed by atoms with Crippen LogP contribution in [0.25, 0.3) is 10.8 Å². The maximum absolute atomic E-state index is 13.7. The predicted molar refractivity (Wildman–Crippen MR) is 77.9 cm³/mol. The van der Waals surface area contributed by atoms with Gasteiger partial charge in [-0.15, -0.1) is 0 Å². The summed E-state index contributed by atoms with van der Waals surface area (Å²) in [6.07, 6.45) is -2.28. The molecule has 0 aliphatic carbocycles. The zero-order chi connectivity index (χ0) is 17.2. The summed E-state index contributed by atoms with van der Waals surface area (Å²) >= 11 is 0. The molecule has 120 valence electrons. The summed E-state index contributed by atoms with van der Waals surface area (Å²) in [7, 11) is 0. The molecule has 0 bridgehead atoms. The van der Waals surface area contributed by atoms with Gasteiger partial charge < -0.3 is 10.7 Å². The molecule has 0 fully saturated rings. The zero-order valence-electron chi connectivity index (χ0n) is 11.8. The Morgan fingerprint density at radius 3 is 2.52 bits per heavy atom. The third kappa shape index (κ3) is 3.36. The van der Waals surface area contributed by atoms with Crippen molar-refractivity contribution in [2.45, 2.75) is 13.1 Å². The fourth-order valence-corrected chi connectivity index (χ4v) is 2.03. The molecule has 0 saturated heterocycles. The first kappa shape index (κ1) is 16.6. The van der Waals surface area contributed by atoms with E-state index in [9.17, 15) is 22.4 Å². The lowest BCUT2D eigenvalue weighted by Crippen LogP contribution is -2.24. The number of carbonyl (C=O) groups excluding carboxylic acids is 1. The van der Waals surface area contributed by atoms with E-state index < -0.39 is 29.0 Å². The fourth-order valence-electron chi connectivity index (χ4n) is 2.03. The minimum absolute atomic E-state index is 0.0400. The van der Waals surface area contributed by atoms with E-state index in [1.807, 2.05) is 0 Å². The lowest BCUT2D eigenvalue weighted by atomic mass is 10.1. The summed E-state index contributed by atoms with van der Waals surface area (Å²) in [5, 5.41) is 9.33. The Labute approximate surface area is 128 Å². The minimum Gasteiger partial charge on any atom is -0.349 e. The number of ketones is 1. The first-order valence-electron chi connectivity index (χ1n) is 6.38. The third-order valence-corrected chi connectivity index (χ3v) is 3.09. The molecule has 2 aromatic rings. The second-order valence-electron chi connectivity index (χ2n) is 4.63. The molecule has 1 aromatic carbocycles. The van der Waals surface area contributed by atoms with Gasteiger partial charge in [-0.2, -0.15) is 13.2 Å². The number of hydrogen-bond acceptors (Lipinski definition) is 4. The maximum Gasteiger partial charge on any atom is 0.432 e. The Morgan fingerprint density at radius 2 is 1.96 bits per heavy atom.